The zero-order chi connectivity index (χ0) is 12.3. The second-order valence-electron chi connectivity index (χ2n) is 4.45. The summed E-state index contributed by atoms with van der Waals surface area (Å²) in [5.74, 6) is 1.10. The number of nitrogens with one attached hydrogen (secondary N) is 1. The van der Waals surface area contributed by atoms with Crippen LogP contribution in [-0.2, 0) is 0 Å². The number of aliphatic hydroxyl groups is 1. The fraction of sp³-hybridized carbons (Fsp3) is 0.538. The van der Waals surface area contributed by atoms with Gasteiger partial charge in [0.05, 0.1) is 17.7 Å². The van der Waals surface area contributed by atoms with Gasteiger partial charge in [0.15, 0.2) is 0 Å². The van der Waals surface area contributed by atoms with E-state index in [-0.39, 0.29) is 0 Å². The van der Waals surface area contributed by atoms with E-state index in [9.17, 15) is 5.11 Å². The minimum absolute atomic E-state index is 0.309. The van der Waals surface area contributed by atoms with Crippen molar-refractivity contribution >= 4 is 15.9 Å². The largest absolute Gasteiger partial charge is 0.496 e. The quantitative estimate of drug-likeness (QED) is 0.901. The van der Waals surface area contributed by atoms with Gasteiger partial charge in [-0.15, -0.1) is 0 Å². The van der Waals surface area contributed by atoms with Crippen molar-refractivity contribution in [1.82, 2.24) is 5.32 Å². The number of aliphatic hydroxyl groups excluding tert-OH is 1. The van der Waals surface area contributed by atoms with Gasteiger partial charge in [0.25, 0.3) is 0 Å². The number of ether oxygens (including phenoxy) is 1. The Morgan fingerprint density at radius 2 is 2.35 bits per heavy atom. The lowest BCUT2D eigenvalue weighted by Gasteiger charge is -2.27. The molecule has 94 valence electrons. The molecule has 0 aromatic heterocycles. The summed E-state index contributed by atoms with van der Waals surface area (Å²) in [7, 11) is 1.64. The molecule has 2 rings (SSSR count). The van der Waals surface area contributed by atoms with Gasteiger partial charge in [0, 0.05) is 12.5 Å². The van der Waals surface area contributed by atoms with E-state index in [1.165, 1.54) is 0 Å². The molecular weight excluding hydrogens is 282 g/mol. The number of methoxy groups -OCH3 is 1. The lowest BCUT2D eigenvalue weighted by atomic mass is 9.89. The molecule has 0 saturated carbocycles. The summed E-state index contributed by atoms with van der Waals surface area (Å²) in [5.41, 5.74) is 0.950. The molecule has 4 heteroatoms. The first kappa shape index (κ1) is 12.9. The van der Waals surface area contributed by atoms with Crippen LogP contribution < -0.4 is 10.1 Å². The van der Waals surface area contributed by atoms with E-state index in [1.807, 2.05) is 18.2 Å². The second-order valence-corrected chi connectivity index (χ2v) is 5.30. The lowest BCUT2D eigenvalue weighted by Crippen LogP contribution is -2.33. The minimum Gasteiger partial charge on any atom is -0.496 e. The predicted octanol–water partition coefficient (Wildman–Crippen LogP) is 2.49. The molecule has 0 aliphatic carbocycles. The number of piperidine rings is 1. The smallest absolute Gasteiger partial charge is 0.133 e. The van der Waals surface area contributed by atoms with E-state index >= 15 is 0 Å². The van der Waals surface area contributed by atoms with Gasteiger partial charge in [0.2, 0.25) is 0 Å². The van der Waals surface area contributed by atoms with Crippen molar-refractivity contribution in [3.8, 4) is 5.75 Å². The van der Waals surface area contributed by atoms with E-state index in [0.717, 1.165) is 41.7 Å². The van der Waals surface area contributed by atoms with Crippen molar-refractivity contribution in [2.24, 2.45) is 5.92 Å². The Hall–Kier alpha value is -0.580. The highest BCUT2D eigenvalue weighted by Crippen LogP contribution is 2.32. The summed E-state index contributed by atoms with van der Waals surface area (Å²) in [4.78, 5) is 0. The van der Waals surface area contributed by atoms with Gasteiger partial charge in [-0.2, -0.15) is 0 Å². The van der Waals surface area contributed by atoms with Crippen LogP contribution in [0.3, 0.4) is 0 Å². The van der Waals surface area contributed by atoms with Gasteiger partial charge in [-0.3, -0.25) is 0 Å². The molecule has 1 aliphatic rings. The van der Waals surface area contributed by atoms with Crippen LogP contribution in [0.1, 0.15) is 24.5 Å². The van der Waals surface area contributed by atoms with E-state index in [0.29, 0.717) is 5.92 Å². The predicted molar refractivity (Wildman–Crippen MR) is 71.2 cm³/mol. The molecule has 0 spiro atoms. The van der Waals surface area contributed by atoms with Gasteiger partial charge in [0.1, 0.15) is 5.75 Å². The summed E-state index contributed by atoms with van der Waals surface area (Å²) in [5, 5.41) is 13.7. The SMILES string of the molecule is COc1ccc(C(O)C2CCCNC2)cc1Br. The first-order chi connectivity index (χ1) is 8.22. The average molecular weight is 300 g/mol. The maximum absolute atomic E-state index is 10.3. The molecule has 1 aromatic carbocycles. The minimum atomic E-state index is -0.398. The van der Waals surface area contributed by atoms with Gasteiger partial charge >= 0.3 is 0 Å². The maximum Gasteiger partial charge on any atom is 0.133 e. The maximum atomic E-state index is 10.3. The molecular formula is C13H18BrNO2. The van der Waals surface area contributed by atoms with Crippen LogP contribution in [0.5, 0.6) is 5.75 Å². The van der Waals surface area contributed by atoms with Crippen LogP contribution in [0.25, 0.3) is 0 Å². The average Bonchev–Trinajstić information content (AvgIpc) is 2.39. The molecule has 1 fully saturated rings. The zero-order valence-corrected chi connectivity index (χ0v) is 11.5. The highest BCUT2D eigenvalue weighted by Gasteiger charge is 2.23. The third-order valence-electron chi connectivity index (χ3n) is 3.30. The Kier molecular flexibility index (Phi) is 4.42. The molecule has 2 N–H and O–H groups in total. The van der Waals surface area contributed by atoms with Crippen LogP contribution in [0, 0.1) is 5.92 Å². The van der Waals surface area contributed by atoms with Gasteiger partial charge in [-0.1, -0.05) is 6.07 Å². The van der Waals surface area contributed by atoms with Crippen molar-refractivity contribution in [2.75, 3.05) is 20.2 Å². The standard InChI is InChI=1S/C13H18BrNO2/c1-17-12-5-4-9(7-11(12)14)13(16)10-3-2-6-15-8-10/h4-5,7,10,13,15-16H,2-3,6,8H2,1H3. The number of hydrogen-bond acceptors (Lipinski definition) is 3. The highest BCUT2D eigenvalue weighted by atomic mass is 79.9. The first-order valence-electron chi connectivity index (χ1n) is 5.94. The fourth-order valence-corrected chi connectivity index (χ4v) is 2.85. The van der Waals surface area contributed by atoms with Crippen molar-refractivity contribution in [2.45, 2.75) is 18.9 Å². The molecule has 1 heterocycles. The Morgan fingerprint density at radius 1 is 1.53 bits per heavy atom. The Labute approximate surface area is 110 Å². The third-order valence-corrected chi connectivity index (χ3v) is 3.92. The second kappa shape index (κ2) is 5.85. The topological polar surface area (TPSA) is 41.5 Å². The Morgan fingerprint density at radius 3 is 2.94 bits per heavy atom. The Balaban J connectivity index is 2.12. The molecule has 3 nitrogen and oxygen atoms in total. The van der Waals surface area contributed by atoms with E-state index < -0.39 is 6.10 Å². The normalized spacial score (nSPS) is 22.2. The van der Waals surface area contributed by atoms with Crippen LogP contribution in [0.15, 0.2) is 22.7 Å². The first-order valence-corrected chi connectivity index (χ1v) is 6.74. The van der Waals surface area contributed by atoms with Crippen molar-refractivity contribution in [3.05, 3.63) is 28.2 Å². The lowest BCUT2D eigenvalue weighted by molar-refractivity contribution is 0.0921. The molecule has 1 aliphatic heterocycles. The number of halogens is 1. The summed E-state index contributed by atoms with van der Waals surface area (Å²) < 4.78 is 6.07. The molecule has 0 bridgehead atoms. The summed E-state index contributed by atoms with van der Waals surface area (Å²) in [6, 6.07) is 5.76. The highest BCUT2D eigenvalue weighted by molar-refractivity contribution is 9.10. The molecule has 1 saturated heterocycles. The molecule has 17 heavy (non-hydrogen) atoms. The van der Waals surface area contributed by atoms with Gasteiger partial charge < -0.3 is 15.2 Å². The van der Waals surface area contributed by atoms with Crippen LogP contribution in [0.2, 0.25) is 0 Å². The molecule has 0 radical (unpaired) electrons. The van der Waals surface area contributed by atoms with Gasteiger partial charge in [-0.05, 0) is 53.0 Å². The number of benzene rings is 1. The number of rotatable bonds is 3. The van der Waals surface area contributed by atoms with Crippen LogP contribution in [-0.4, -0.2) is 25.3 Å². The number of hydrogen-bond donors (Lipinski definition) is 2. The molecule has 2 unspecified atom stereocenters. The summed E-state index contributed by atoms with van der Waals surface area (Å²) in [6.07, 6.45) is 1.82. The summed E-state index contributed by atoms with van der Waals surface area (Å²) >= 11 is 3.45. The van der Waals surface area contributed by atoms with E-state index in [4.69, 9.17) is 4.74 Å². The fourth-order valence-electron chi connectivity index (χ4n) is 2.29. The van der Waals surface area contributed by atoms with Gasteiger partial charge in [-0.25, -0.2) is 0 Å². The van der Waals surface area contributed by atoms with Crippen LogP contribution in [0.4, 0.5) is 0 Å². The van der Waals surface area contributed by atoms with Crippen molar-refractivity contribution < 1.29 is 9.84 Å². The van der Waals surface area contributed by atoms with E-state index in [2.05, 4.69) is 21.2 Å². The zero-order valence-electron chi connectivity index (χ0n) is 9.95. The van der Waals surface area contributed by atoms with Crippen molar-refractivity contribution in [3.63, 3.8) is 0 Å². The van der Waals surface area contributed by atoms with E-state index in [1.54, 1.807) is 7.11 Å². The monoisotopic (exact) mass is 299 g/mol. The Bertz CT molecular complexity index is 378. The molecule has 0 amide bonds. The molecule has 1 aromatic rings. The van der Waals surface area contributed by atoms with Crippen LogP contribution >= 0.6 is 15.9 Å². The summed E-state index contributed by atoms with van der Waals surface area (Å²) in [6.45, 7) is 1.96. The third kappa shape index (κ3) is 3.00. The van der Waals surface area contributed by atoms with Crippen molar-refractivity contribution in [1.29, 1.82) is 0 Å². The molecule has 2 atom stereocenters.